The van der Waals surface area contributed by atoms with Crippen molar-refractivity contribution in [3.63, 3.8) is 0 Å². The maximum absolute atomic E-state index is 12.1. The third kappa shape index (κ3) is 4.83. The van der Waals surface area contributed by atoms with Crippen molar-refractivity contribution in [2.24, 2.45) is 5.92 Å². The molecule has 0 atom stereocenters. The van der Waals surface area contributed by atoms with Gasteiger partial charge in [-0.05, 0) is 41.9 Å². The third-order valence-electron chi connectivity index (χ3n) is 4.18. The molecule has 1 fully saturated rings. The first kappa shape index (κ1) is 17.0. The molecule has 1 heterocycles. The van der Waals surface area contributed by atoms with Gasteiger partial charge in [0.05, 0.1) is 11.5 Å². The molecule has 122 valence electrons. The fourth-order valence-corrected chi connectivity index (χ4v) is 4.26. The number of hydrogen-bond acceptors (Lipinski definition) is 3. The number of rotatable bonds is 3. The minimum absolute atomic E-state index is 0.0344. The van der Waals surface area contributed by atoms with Gasteiger partial charge in [-0.25, -0.2) is 8.42 Å². The van der Waals surface area contributed by atoms with Crippen molar-refractivity contribution in [3.05, 3.63) is 29.8 Å². The van der Waals surface area contributed by atoms with Gasteiger partial charge in [-0.1, -0.05) is 32.9 Å². The maximum atomic E-state index is 12.1. The summed E-state index contributed by atoms with van der Waals surface area (Å²) in [6.07, 6.45) is 1.59. The first-order valence-corrected chi connectivity index (χ1v) is 9.59. The number of nitrogens with one attached hydrogen (secondary N) is 1. The Balaban J connectivity index is 1.87. The molecule has 0 bridgehead atoms. The van der Waals surface area contributed by atoms with Gasteiger partial charge in [0.2, 0.25) is 5.91 Å². The quantitative estimate of drug-likeness (QED) is 0.929. The van der Waals surface area contributed by atoms with Gasteiger partial charge in [-0.2, -0.15) is 0 Å². The van der Waals surface area contributed by atoms with Crippen LogP contribution in [0.25, 0.3) is 0 Å². The first-order chi connectivity index (χ1) is 10.2. The minimum atomic E-state index is -2.86. The number of hydrogen-bond donors (Lipinski definition) is 1. The summed E-state index contributed by atoms with van der Waals surface area (Å²) in [6.45, 7) is 6.45. The molecule has 2 rings (SSSR count). The summed E-state index contributed by atoms with van der Waals surface area (Å²) in [4.78, 5) is 12.1. The number of carbonyl (C=O) groups excluding carboxylic acids is 1. The molecule has 1 aromatic rings. The summed E-state index contributed by atoms with van der Waals surface area (Å²) in [5, 5.41) is 2.90. The van der Waals surface area contributed by atoms with E-state index in [2.05, 4.69) is 26.1 Å². The van der Waals surface area contributed by atoms with Crippen LogP contribution in [0.5, 0.6) is 0 Å². The molecule has 0 aliphatic carbocycles. The second-order valence-corrected chi connectivity index (χ2v) is 9.48. The van der Waals surface area contributed by atoms with Crippen LogP contribution in [0.4, 0.5) is 5.69 Å². The van der Waals surface area contributed by atoms with Crippen molar-refractivity contribution in [1.29, 1.82) is 0 Å². The van der Waals surface area contributed by atoms with Crippen molar-refractivity contribution in [3.8, 4) is 0 Å². The highest BCUT2D eigenvalue weighted by Crippen LogP contribution is 2.25. The predicted octanol–water partition coefficient (Wildman–Crippen LogP) is 3.14. The summed E-state index contributed by atoms with van der Waals surface area (Å²) >= 11 is 0. The average Bonchev–Trinajstić information content (AvgIpc) is 2.41. The lowest BCUT2D eigenvalue weighted by atomic mass is 9.87. The summed E-state index contributed by atoms with van der Waals surface area (Å²) in [6, 6.07) is 7.90. The molecule has 4 nitrogen and oxygen atoms in total. The lowest BCUT2D eigenvalue weighted by molar-refractivity contribution is -0.117. The van der Waals surface area contributed by atoms with Gasteiger partial charge in [0.1, 0.15) is 9.84 Å². The van der Waals surface area contributed by atoms with E-state index in [-0.39, 0.29) is 28.7 Å². The van der Waals surface area contributed by atoms with Crippen molar-refractivity contribution in [2.45, 2.75) is 45.4 Å². The first-order valence-electron chi connectivity index (χ1n) is 7.76. The van der Waals surface area contributed by atoms with E-state index in [1.807, 2.05) is 24.3 Å². The highest BCUT2D eigenvalue weighted by atomic mass is 32.2. The molecule has 0 unspecified atom stereocenters. The number of sulfone groups is 1. The molecule has 0 aromatic heterocycles. The van der Waals surface area contributed by atoms with E-state index in [1.165, 1.54) is 5.56 Å². The minimum Gasteiger partial charge on any atom is -0.326 e. The van der Waals surface area contributed by atoms with Gasteiger partial charge in [0.15, 0.2) is 0 Å². The van der Waals surface area contributed by atoms with Crippen LogP contribution in [-0.2, 0) is 20.0 Å². The van der Waals surface area contributed by atoms with E-state index >= 15 is 0 Å². The van der Waals surface area contributed by atoms with Gasteiger partial charge in [0.25, 0.3) is 0 Å². The number of carbonyl (C=O) groups is 1. The van der Waals surface area contributed by atoms with Crippen LogP contribution in [0.3, 0.4) is 0 Å². The van der Waals surface area contributed by atoms with Crippen LogP contribution in [0.15, 0.2) is 24.3 Å². The molecule has 1 N–H and O–H groups in total. The zero-order valence-corrected chi connectivity index (χ0v) is 14.4. The van der Waals surface area contributed by atoms with Crippen LogP contribution in [0.1, 0.15) is 45.6 Å². The molecular formula is C17H25NO3S. The molecule has 1 saturated heterocycles. The van der Waals surface area contributed by atoms with Gasteiger partial charge in [0, 0.05) is 12.1 Å². The molecule has 1 aliphatic heterocycles. The topological polar surface area (TPSA) is 63.2 Å². The fraction of sp³-hybridized carbons (Fsp3) is 0.588. The molecule has 1 amide bonds. The predicted molar refractivity (Wildman–Crippen MR) is 89.8 cm³/mol. The monoisotopic (exact) mass is 323 g/mol. The number of anilines is 1. The molecule has 22 heavy (non-hydrogen) atoms. The average molecular weight is 323 g/mol. The van der Waals surface area contributed by atoms with Crippen molar-refractivity contribution < 1.29 is 13.2 Å². The second kappa shape index (κ2) is 6.41. The van der Waals surface area contributed by atoms with Crippen molar-refractivity contribution in [1.82, 2.24) is 0 Å². The maximum Gasteiger partial charge on any atom is 0.224 e. The summed E-state index contributed by atoms with van der Waals surface area (Å²) in [7, 11) is -2.86. The van der Waals surface area contributed by atoms with Crippen LogP contribution in [0, 0.1) is 5.92 Å². The van der Waals surface area contributed by atoms with Gasteiger partial charge >= 0.3 is 0 Å². The van der Waals surface area contributed by atoms with Crippen LogP contribution in [0.2, 0.25) is 0 Å². The highest BCUT2D eigenvalue weighted by Gasteiger charge is 2.25. The molecule has 0 saturated carbocycles. The largest absolute Gasteiger partial charge is 0.326 e. The Morgan fingerprint density at radius 1 is 1.14 bits per heavy atom. The van der Waals surface area contributed by atoms with Gasteiger partial charge < -0.3 is 5.32 Å². The van der Waals surface area contributed by atoms with Crippen LogP contribution >= 0.6 is 0 Å². The van der Waals surface area contributed by atoms with Crippen molar-refractivity contribution >= 4 is 21.4 Å². The summed E-state index contributed by atoms with van der Waals surface area (Å²) in [5.74, 6) is 0.571. The Hall–Kier alpha value is -1.36. The molecule has 5 heteroatoms. The van der Waals surface area contributed by atoms with E-state index in [4.69, 9.17) is 0 Å². The van der Waals surface area contributed by atoms with Gasteiger partial charge in [-0.15, -0.1) is 0 Å². The molecule has 1 aliphatic rings. The van der Waals surface area contributed by atoms with E-state index in [0.717, 1.165) is 5.69 Å². The molecular weight excluding hydrogens is 298 g/mol. The molecule has 1 aromatic carbocycles. The highest BCUT2D eigenvalue weighted by molar-refractivity contribution is 7.91. The van der Waals surface area contributed by atoms with Crippen LogP contribution < -0.4 is 5.32 Å². The third-order valence-corrected chi connectivity index (χ3v) is 5.90. The zero-order chi connectivity index (χ0) is 16.4. The SMILES string of the molecule is CC(C)(C)c1ccc(NC(=O)CC2CCS(=O)(=O)CC2)cc1. The van der Waals surface area contributed by atoms with Crippen molar-refractivity contribution in [2.75, 3.05) is 16.8 Å². The lowest BCUT2D eigenvalue weighted by Gasteiger charge is -2.21. The summed E-state index contributed by atoms with van der Waals surface area (Å²) < 4.78 is 22.8. The molecule has 0 radical (unpaired) electrons. The van der Waals surface area contributed by atoms with Gasteiger partial charge in [-0.3, -0.25) is 4.79 Å². The van der Waals surface area contributed by atoms with E-state index in [0.29, 0.717) is 19.3 Å². The Kier molecular flexibility index (Phi) is 4.95. The number of amides is 1. The van der Waals surface area contributed by atoms with E-state index in [9.17, 15) is 13.2 Å². The Morgan fingerprint density at radius 2 is 1.68 bits per heavy atom. The smallest absolute Gasteiger partial charge is 0.224 e. The normalized spacial score (nSPS) is 18.9. The molecule has 0 spiro atoms. The standard InChI is InChI=1S/C17H25NO3S/c1-17(2,3)14-4-6-15(7-5-14)18-16(19)12-13-8-10-22(20,21)11-9-13/h4-7,13H,8-12H2,1-3H3,(H,18,19). The van der Waals surface area contributed by atoms with E-state index < -0.39 is 9.84 Å². The Bertz CT molecular complexity index is 613. The zero-order valence-electron chi connectivity index (χ0n) is 13.6. The lowest BCUT2D eigenvalue weighted by Crippen LogP contribution is -2.26. The number of benzene rings is 1. The second-order valence-electron chi connectivity index (χ2n) is 7.17. The van der Waals surface area contributed by atoms with E-state index in [1.54, 1.807) is 0 Å². The summed E-state index contributed by atoms with van der Waals surface area (Å²) in [5.41, 5.74) is 2.11. The Labute approximate surface area is 133 Å². The Morgan fingerprint density at radius 3 is 2.18 bits per heavy atom. The fourth-order valence-electron chi connectivity index (χ4n) is 2.67. The van der Waals surface area contributed by atoms with Crippen LogP contribution in [-0.4, -0.2) is 25.8 Å².